The van der Waals surface area contributed by atoms with Crippen LogP contribution in [-0.4, -0.2) is 23.8 Å². The van der Waals surface area contributed by atoms with Crippen molar-refractivity contribution < 1.29 is 4.79 Å². The summed E-state index contributed by atoms with van der Waals surface area (Å²) in [5, 5.41) is 0. The Hall–Kier alpha value is -2.71. The smallest absolute Gasteiger partial charge is 0.166 e. The molecule has 27 heavy (non-hydrogen) atoms. The molecule has 2 aliphatic rings. The van der Waals surface area contributed by atoms with Crippen molar-refractivity contribution in [3.63, 3.8) is 0 Å². The lowest BCUT2D eigenvalue weighted by atomic mass is 9.87. The summed E-state index contributed by atoms with van der Waals surface area (Å²) in [5.74, 6) is 0.456. The number of ketones is 1. The third-order valence-electron chi connectivity index (χ3n) is 6.12. The number of fused-ring (bicyclic) bond motifs is 3. The van der Waals surface area contributed by atoms with Crippen molar-refractivity contribution in [2.45, 2.75) is 18.9 Å². The van der Waals surface area contributed by atoms with Crippen molar-refractivity contribution in [3.05, 3.63) is 95.6 Å². The average molecular weight is 353 g/mol. The van der Waals surface area contributed by atoms with Crippen LogP contribution in [0, 0.1) is 5.92 Å². The summed E-state index contributed by atoms with van der Waals surface area (Å²) >= 11 is 0. The van der Waals surface area contributed by atoms with Gasteiger partial charge in [0.1, 0.15) is 0 Å². The van der Waals surface area contributed by atoms with Crippen molar-refractivity contribution >= 4 is 5.78 Å². The fourth-order valence-electron chi connectivity index (χ4n) is 4.78. The molecule has 5 rings (SSSR count). The maximum Gasteiger partial charge on any atom is 0.166 e. The largest absolute Gasteiger partial charge is 0.294 e. The first kappa shape index (κ1) is 16.5. The van der Waals surface area contributed by atoms with E-state index >= 15 is 0 Å². The lowest BCUT2D eigenvalue weighted by Gasteiger charge is -2.36. The Kier molecular flexibility index (Phi) is 4.14. The predicted molar refractivity (Wildman–Crippen MR) is 109 cm³/mol. The highest BCUT2D eigenvalue weighted by atomic mass is 16.1. The fourth-order valence-corrected chi connectivity index (χ4v) is 4.78. The number of hydrogen-bond acceptors (Lipinski definition) is 2. The molecular formula is C25H23NO. The maximum absolute atomic E-state index is 12.8. The minimum absolute atomic E-state index is 0.149. The van der Waals surface area contributed by atoms with Gasteiger partial charge >= 0.3 is 0 Å². The molecule has 0 radical (unpaired) electrons. The van der Waals surface area contributed by atoms with Gasteiger partial charge in [-0.1, -0.05) is 78.9 Å². The van der Waals surface area contributed by atoms with Gasteiger partial charge in [-0.25, -0.2) is 0 Å². The number of carbonyl (C=O) groups excluding carboxylic acids is 1. The van der Waals surface area contributed by atoms with Gasteiger partial charge < -0.3 is 0 Å². The molecule has 1 saturated heterocycles. The molecule has 0 aromatic heterocycles. The summed E-state index contributed by atoms with van der Waals surface area (Å²) in [5.41, 5.74) is 6.40. The number of rotatable bonds is 3. The molecule has 1 fully saturated rings. The van der Waals surface area contributed by atoms with Crippen LogP contribution in [0.3, 0.4) is 0 Å². The number of likely N-dealkylation sites (tertiary alicyclic amines) is 1. The zero-order valence-electron chi connectivity index (χ0n) is 15.3. The van der Waals surface area contributed by atoms with Gasteiger partial charge in [0, 0.05) is 11.5 Å². The number of Topliss-reactive ketones (excluding diaryl/α,β-unsaturated/α-hetero) is 1. The number of piperidine rings is 1. The van der Waals surface area contributed by atoms with Gasteiger partial charge in [-0.05, 0) is 48.2 Å². The SMILES string of the molecule is O=C(c1ccccc1)C1CCN(C2c3ccccc3-c3ccccc32)CC1. The van der Waals surface area contributed by atoms with E-state index in [4.69, 9.17) is 0 Å². The standard InChI is InChI=1S/C25H23NO/c27-25(18-8-2-1-3-9-18)19-14-16-26(17-15-19)24-22-12-6-4-10-20(22)21-11-5-7-13-23(21)24/h1-13,19,24H,14-17H2. The van der Waals surface area contributed by atoms with E-state index in [1.54, 1.807) is 0 Å². The lowest BCUT2D eigenvalue weighted by molar-refractivity contribution is 0.0815. The normalized spacial score (nSPS) is 17.5. The monoisotopic (exact) mass is 353 g/mol. The van der Waals surface area contributed by atoms with E-state index < -0.39 is 0 Å². The molecular weight excluding hydrogens is 330 g/mol. The Bertz CT molecular complexity index is 925. The molecule has 0 spiro atoms. The molecule has 3 aromatic rings. The molecule has 0 N–H and O–H groups in total. The second-order valence-corrected chi connectivity index (χ2v) is 7.62. The highest BCUT2D eigenvalue weighted by molar-refractivity contribution is 5.97. The zero-order valence-corrected chi connectivity index (χ0v) is 15.3. The van der Waals surface area contributed by atoms with Crippen molar-refractivity contribution in [1.29, 1.82) is 0 Å². The van der Waals surface area contributed by atoms with Crippen molar-refractivity contribution in [2.24, 2.45) is 5.92 Å². The average Bonchev–Trinajstić information content (AvgIpc) is 3.08. The first-order valence-corrected chi connectivity index (χ1v) is 9.84. The third-order valence-corrected chi connectivity index (χ3v) is 6.12. The van der Waals surface area contributed by atoms with Crippen LogP contribution < -0.4 is 0 Å². The predicted octanol–water partition coefficient (Wildman–Crippen LogP) is 5.35. The van der Waals surface area contributed by atoms with Crippen molar-refractivity contribution in [1.82, 2.24) is 4.90 Å². The van der Waals surface area contributed by atoms with Gasteiger partial charge in [-0.2, -0.15) is 0 Å². The molecule has 2 heteroatoms. The van der Waals surface area contributed by atoms with E-state index in [0.29, 0.717) is 11.8 Å². The lowest BCUT2D eigenvalue weighted by Crippen LogP contribution is -2.38. The first-order valence-electron chi connectivity index (χ1n) is 9.84. The van der Waals surface area contributed by atoms with Crippen LogP contribution in [0.1, 0.15) is 40.4 Å². The van der Waals surface area contributed by atoms with E-state index in [9.17, 15) is 4.79 Å². The van der Waals surface area contributed by atoms with E-state index in [1.807, 2.05) is 30.3 Å². The van der Waals surface area contributed by atoms with Gasteiger partial charge in [-0.15, -0.1) is 0 Å². The Morgan fingerprint density at radius 1 is 0.704 bits per heavy atom. The minimum Gasteiger partial charge on any atom is -0.294 e. The van der Waals surface area contributed by atoms with Gasteiger partial charge in [0.05, 0.1) is 6.04 Å². The third kappa shape index (κ3) is 2.81. The summed E-state index contributed by atoms with van der Waals surface area (Å²) in [6.45, 7) is 1.94. The van der Waals surface area contributed by atoms with Gasteiger partial charge in [0.25, 0.3) is 0 Å². The molecule has 134 valence electrons. The number of carbonyl (C=O) groups is 1. The minimum atomic E-state index is 0.149. The van der Waals surface area contributed by atoms with Crippen LogP contribution in [-0.2, 0) is 0 Å². The zero-order chi connectivity index (χ0) is 18.2. The van der Waals surface area contributed by atoms with Crippen LogP contribution >= 0.6 is 0 Å². The highest BCUT2D eigenvalue weighted by Crippen LogP contribution is 2.47. The van der Waals surface area contributed by atoms with E-state index in [2.05, 4.69) is 53.4 Å². The molecule has 2 nitrogen and oxygen atoms in total. The van der Waals surface area contributed by atoms with E-state index in [0.717, 1.165) is 31.5 Å². The Balaban J connectivity index is 1.38. The molecule has 0 bridgehead atoms. The Morgan fingerprint density at radius 3 is 1.81 bits per heavy atom. The second-order valence-electron chi connectivity index (χ2n) is 7.62. The van der Waals surface area contributed by atoms with Crippen LogP contribution in [0.15, 0.2) is 78.9 Å². The second kappa shape index (κ2) is 6.79. The molecule has 0 atom stereocenters. The summed E-state index contributed by atoms with van der Waals surface area (Å²) in [7, 11) is 0. The topological polar surface area (TPSA) is 20.3 Å². The molecule has 3 aromatic carbocycles. The first-order chi connectivity index (χ1) is 13.3. The molecule has 1 heterocycles. The van der Waals surface area contributed by atoms with Gasteiger partial charge in [0.15, 0.2) is 5.78 Å². The quantitative estimate of drug-likeness (QED) is 0.592. The van der Waals surface area contributed by atoms with Crippen LogP contribution in [0.2, 0.25) is 0 Å². The van der Waals surface area contributed by atoms with Crippen LogP contribution in [0.25, 0.3) is 11.1 Å². The van der Waals surface area contributed by atoms with Gasteiger partial charge in [-0.3, -0.25) is 9.69 Å². The molecule has 1 aliphatic carbocycles. The van der Waals surface area contributed by atoms with Crippen LogP contribution in [0.4, 0.5) is 0 Å². The fraction of sp³-hybridized carbons (Fsp3) is 0.240. The maximum atomic E-state index is 12.8. The molecule has 0 saturated carbocycles. The Morgan fingerprint density at radius 2 is 1.22 bits per heavy atom. The van der Waals surface area contributed by atoms with Gasteiger partial charge in [0.2, 0.25) is 0 Å². The van der Waals surface area contributed by atoms with E-state index in [1.165, 1.54) is 22.3 Å². The summed E-state index contributed by atoms with van der Waals surface area (Å²) in [6.07, 6.45) is 1.88. The molecule has 0 unspecified atom stereocenters. The number of nitrogens with zero attached hydrogens (tertiary/aromatic N) is 1. The van der Waals surface area contributed by atoms with Crippen molar-refractivity contribution in [2.75, 3.05) is 13.1 Å². The summed E-state index contributed by atoms with van der Waals surface area (Å²) in [6, 6.07) is 27.6. The molecule has 0 amide bonds. The van der Waals surface area contributed by atoms with E-state index in [-0.39, 0.29) is 5.92 Å². The van der Waals surface area contributed by atoms with Crippen LogP contribution in [0.5, 0.6) is 0 Å². The Labute approximate surface area is 160 Å². The number of benzene rings is 3. The highest BCUT2D eigenvalue weighted by Gasteiger charge is 2.35. The summed E-state index contributed by atoms with van der Waals surface area (Å²) < 4.78 is 0. The summed E-state index contributed by atoms with van der Waals surface area (Å²) in [4.78, 5) is 15.4. The molecule has 1 aliphatic heterocycles. The number of hydrogen-bond donors (Lipinski definition) is 0. The van der Waals surface area contributed by atoms with Crippen molar-refractivity contribution in [3.8, 4) is 11.1 Å².